The van der Waals surface area contributed by atoms with Crippen LogP contribution in [0.2, 0.25) is 0 Å². The van der Waals surface area contributed by atoms with E-state index >= 15 is 0 Å². The predicted octanol–water partition coefficient (Wildman–Crippen LogP) is 3.04. The van der Waals surface area contributed by atoms with Crippen molar-refractivity contribution in [3.8, 4) is 0 Å². The molecule has 0 spiro atoms. The Morgan fingerprint density at radius 2 is 1.08 bits per heavy atom. The Morgan fingerprint density at radius 1 is 0.833 bits per heavy atom. The van der Waals surface area contributed by atoms with Gasteiger partial charge in [-0.25, -0.2) is 0 Å². The molecule has 1 aliphatic rings. The van der Waals surface area contributed by atoms with Crippen molar-refractivity contribution in [2.75, 3.05) is 28.2 Å². The number of hydrogen-bond acceptors (Lipinski definition) is 4. The third-order valence-electron chi connectivity index (χ3n) is 1.39. The van der Waals surface area contributed by atoms with Gasteiger partial charge >= 0.3 is 0 Å². The molecule has 0 aromatic carbocycles. The van der Waals surface area contributed by atoms with Crippen LogP contribution < -0.4 is 0 Å². The monoisotopic (exact) mass is 278 g/mol. The normalized spacial score (nSPS) is 41.8. The lowest BCUT2D eigenvalue weighted by atomic mass is 11.3. The maximum Gasteiger partial charge on any atom is 0.133 e. The summed E-state index contributed by atoms with van der Waals surface area (Å²) in [5, 5.41) is 0. The highest BCUT2D eigenvalue weighted by atomic mass is 33.7. The summed E-state index contributed by atoms with van der Waals surface area (Å²) in [6, 6.07) is 0. The molecule has 0 aromatic rings. The van der Waals surface area contributed by atoms with Crippen LogP contribution in [0, 0.1) is 0 Å². The molecule has 0 N–H and O–H groups in total. The van der Waals surface area contributed by atoms with Crippen molar-refractivity contribution < 1.29 is 0 Å². The zero-order valence-corrected chi connectivity index (χ0v) is 12.5. The van der Waals surface area contributed by atoms with Crippen LogP contribution in [0.1, 0.15) is 0 Å². The van der Waals surface area contributed by atoms with E-state index in [2.05, 4.69) is 37.5 Å². The van der Waals surface area contributed by atoms with E-state index in [1.807, 2.05) is 22.0 Å². The first-order valence-electron chi connectivity index (χ1n) is 3.28. The van der Waals surface area contributed by atoms with E-state index in [4.69, 9.17) is 23.6 Å². The molecule has 0 unspecified atom stereocenters. The second-order valence-corrected chi connectivity index (χ2v) is 24.2. The fourth-order valence-corrected chi connectivity index (χ4v) is 41.0. The molecule has 12 heavy (non-hydrogen) atoms. The van der Waals surface area contributed by atoms with Crippen LogP contribution in [-0.4, -0.2) is 37.5 Å². The molecule has 1 heterocycles. The first-order valence-corrected chi connectivity index (χ1v) is 12.8. The summed E-state index contributed by atoms with van der Waals surface area (Å²) in [6.45, 7) is 0. The highest BCUT2D eigenvalue weighted by Gasteiger charge is 2.46. The first-order chi connectivity index (χ1) is 5.30. The van der Waals surface area contributed by atoms with Gasteiger partial charge in [0.1, 0.15) is 9.18 Å². The standard InChI is InChI=1S/C4H12N2P2S4/c1-5(2)7(9)11-8(10,12-7)6(3)4/h1-4H3. The summed E-state index contributed by atoms with van der Waals surface area (Å²) in [7, 11) is 8.20. The summed E-state index contributed by atoms with van der Waals surface area (Å²) in [6.07, 6.45) is 0. The van der Waals surface area contributed by atoms with Crippen molar-refractivity contribution in [1.29, 1.82) is 0 Å². The van der Waals surface area contributed by atoms with Crippen LogP contribution in [-0.2, 0) is 23.6 Å². The Balaban J connectivity index is 2.69. The number of rotatable bonds is 2. The molecule has 1 saturated heterocycles. The van der Waals surface area contributed by atoms with E-state index in [0.717, 1.165) is 0 Å². The van der Waals surface area contributed by atoms with Crippen LogP contribution in [0.5, 0.6) is 0 Å². The third kappa shape index (κ3) is 2.12. The van der Waals surface area contributed by atoms with Gasteiger partial charge in [-0.15, -0.1) is 0 Å². The fraction of sp³-hybridized carbons (Fsp3) is 1.00. The van der Waals surface area contributed by atoms with E-state index < -0.39 is 9.18 Å². The quantitative estimate of drug-likeness (QED) is 0.711. The molecule has 1 rings (SSSR count). The Kier molecular flexibility index (Phi) is 3.82. The van der Waals surface area contributed by atoms with E-state index in [1.54, 1.807) is 0 Å². The van der Waals surface area contributed by atoms with Gasteiger partial charge in [0.15, 0.2) is 0 Å². The first kappa shape index (κ1) is 12.0. The molecular weight excluding hydrogens is 266 g/mol. The average Bonchev–Trinajstić information content (AvgIpc) is 1.83. The largest absolute Gasteiger partial charge is 0.265 e. The van der Waals surface area contributed by atoms with Crippen molar-refractivity contribution >= 4 is 54.8 Å². The van der Waals surface area contributed by atoms with E-state index in [0.29, 0.717) is 0 Å². The summed E-state index contributed by atoms with van der Waals surface area (Å²) in [5.41, 5.74) is 0. The zero-order chi connectivity index (χ0) is 9.57. The summed E-state index contributed by atoms with van der Waals surface area (Å²) in [4.78, 5) is 0. The lowest BCUT2D eigenvalue weighted by Gasteiger charge is -2.45. The van der Waals surface area contributed by atoms with Crippen molar-refractivity contribution in [3.63, 3.8) is 0 Å². The van der Waals surface area contributed by atoms with Gasteiger partial charge < -0.3 is 0 Å². The van der Waals surface area contributed by atoms with Crippen LogP contribution in [0.25, 0.3) is 0 Å². The lowest BCUT2D eigenvalue weighted by Crippen LogP contribution is -2.12. The molecule has 1 fully saturated rings. The average molecular weight is 278 g/mol. The van der Waals surface area contributed by atoms with Gasteiger partial charge in [0.2, 0.25) is 0 Å². The third-order valence-corrected chi connectivity index (χ3v) is 34.4. The van der Waals surface area contributed by atoms with Crippen LogP contribution >= 0.6 is 31.2 Å². The smallest absolute Gasteiger partial charge is 0.133 e. The van der Waals surface area contributed by atoms with Gasteiger partial charge in [0.25, 0.3) is 0 Å². The van der Waals surface area contributed by atoms with Crippen molar-refractivity contribution in [3.05, 3.63) is 0 Å². The molecule has 0 amide bonds. The molecule has 0 radical (unpaired) electrons. The molecule has 8 heteroatoms. The Morgan fingerprint density at radius 3 is 1.25 bits per heavy atom. The lowest BCUT2D eigenvalue weighted by molar-refractivity contribution is 0.691. The predicted molar refractivity (Wildman–Crippen MR) is 71.1 cm³/mol. The minimum atomic E-state index is -1.34. The van der Waals surface area contributed by atoms with Gasteiger partial charge in [-0.2, -0.15) is 0 Å². The Labute approximate surface area is 91.9 Å². The topological polar surface area (TPSA) is 6.48 Å². The highest BCUT2D eigenvalue weighted by Crippen LogP contribution is 3.06. The minimum absolute atomic E-state index is 1.34. The molecule has 0 aromatic heterocycles. The van der Waals surface area contributed by atoms with Gasteiger partial charge in [-0.1, -0.05) is 23.6 Å². The Hall–Kier alpha value is 1.92. The highest BCUT2D eigenvalue weighted by molar-refractivity contribution is 9.45. The molecule has 72 valence electrons. The molecule has 0 aliphatic carbocycles. The zero-order valence-electron chi connectivity index (χ0n) is 7.42. The second-order valence-electron chi connectivity index (χ2n) is 2.79. The van der Waals surface area contributed by atoms with E-state index in [-0.39, 0.29) is 0 Å². The molecule has 1 aliphatic heterocycles. The maximum absolute atomic E-state index is 5.52. The van der Waals surface area contributed by atoms with E-state index in [9.17, 15) is 0 Å². The maximum atomic E-state index is 5.52. The summed E-state index contributed by atoms with van der Waals surface area (Å²) < 4.78 is 1.64. The van der Waals surface area contributed by atoms with E-state index in [1.165, 1.54) is 0 Å². The minimum Gasteiger partial charge on any atom is -0.265 e. The molecule has 2 nitrogen and oxygen atoms in total. The van der Waals surface area contributed by atoms with Crippen LogP contribution in [0.4, 0.5) is 0 Å². The van der Waals surface area contributed by atoms with Crippen molar-refractivity contribution in [2.45, 2.75) is 0 Å². The summed E-state index contributed by atoms with van der Waals surface area (Å²) >= 11 is 14.8. The van der Waals surface area contributed by atoms with Gasteiger partial charge in [-0.05, 0) is 50.2 Å². The molecule has 0 bridgehead atoms. The second kappa shape index (κ2) is 3.82. The SMILES string of the molecule is CN(C)P1(=S)SP(=S)(N(C)C)S1. The van der Waals surface area contributed by atoms with Crippen molar-refractivity contribution in [2.24, 2.45) is 0 Å². The van der Waals surface area contributed by atoms with Gasteiger partial charge in [-0.3, -0.25) is 9.34 Å². The van der Waals surface area contributed by atoms with Gasteiger partial charge in [0, 0.05) is 0 Å². The summed E-state index contributed by atoms with van der Waals surface area (Å²) in [5.74, 6) is 0. The van der Waals surface area contributed by atoms with Crippen LogP contribution in [0.15, 0.2) is 0 Å². The number of hydrogen-bond donors (Lipinski definition) is 0. The molecule has 0 atom stereocenters. The fourth-order valence-electron chi connectivity index (χ4n) is 0.559. The van der Waals surface area contributed by atoms with Gasteiger partial charge in [0.05, 0.1) is 0 Å². The van der Waals surface area contributed by atoms with Crippen LogP contribution in [0.3, 0.4) is 0 Å². The molecular formula is C4H12N2P2S4. The van der Waals surface area contributed by atoms with Crippen molar-refractivity contribution in [1.82, 2.24) is 9.34 Å². The molecule has 0 saturated carbocycles. The Bertz CT molecular complexity index is 236. The number of nitrogens with zero attached hydrogens (tertiary/aromatic N) is 2.